The van der Waals surface area contributed by atoms with Crippen molar-refractivity contribution in [2.45, 2.75) is 32.2 Å². The van der Waals surface area contributed by atoms with Crippen LogP contribution >= 0.6 is 0 Å². The van der Waals surface area contributed by atoms with Crippen LogP contribution in [0, 0.1) is 0 Å². The van der Waals surface area contributed by atoms with Crippen LogP contribution < -0.4 is 5.73 Å². The lowest BCUT2D eigenvalue weighted by atomic mass is 10.00. The lowest BCUT2D eigenvalue weighted by molar-refractivity contribution is 0.248. The van der Waals surface area contributed by atoms with Gasteiger partial charge in [-0.1, -0.05) is 30.7 Å². The van der Waals surface area contributed by atoms with Crippen LogP contribution in [0.3, 0.4) is 0 Å². The highest BCUT2D eigenvalue weighted by Crippen LogP contribution is 2.18. The minimum Gasteiger partial charge on any atom is -0.330 e. The molecule has 2 N–H and O–H groups in total. The Morgan fingerprint density at radius 3 is 2.69 bits per heavy atom. The van der Waals surface area contributed by atoms with Gasteiger partial charge in [-0.3, -0.25) is 4.90 Å². The summed E-state index contributed by atoms with van der Waals surface area (Å²) in [6, 6.07) is 8.83. The molecule has 1 aromatic carbocycles. The Morgan fingerprint density at radius 1 is 1.06 bits per heavy atom. The van der Waals surface area contributed by atoms with Gasteiger partial charge in [-0.2, -0.15) is 0 Å². The molecule has 2 rings (SSSR count). The summed E-state index contributed by atoms with van der Waals surface area (Å²) in [5, 5.41) is 0. The van der Waals surface area contributed by atoms with Gasteiger partial charge in [-0.25, -0.2) is 0 Å². The van der Waals surface area contributed by atoms with E-state index in [-0.39, 0.29) is 0 Å². The summed E-state index contributed by atoms with van der Waals surface area (Å²) >= 11 is 0. The van der Waals surface area contributed by atoms with E-state index < -0.39 is 0 Å². The van der Waals surface area contributed by atoms with Gasteiger partial charge in [-0.05, 0) is 43.5 Å². The summed E-state index contributed by atoms with van der Waals surface area (Å²) < 4.78 is 0. The Labute approximate surface area is 98.4 Å². The molecule has 0 spiro atoms. The van der Waals surface area contributed by atoms with E-state index in [1.54, 1.807) is 5.56 Å². The average Bonchev–Trinajstić information content (AvgIpc) is 2.34. The number of unbranched alkanes of at least 4 members (excludes halogenated alkanes) is 2. The largest absolute Gasteiger partial charge is 0.330 e. The SMILES string of the molecule is NCCCCCN1CCc2ccccc2C1. The molecule has 0 radical (unpaired) electrons. The van der Waals surface area contributed by atoms with E-state index in [2.05, 4.69) is 29.2 Å². The Morgan fingerprint density at radius 2 is 1.88 bits per heavy atom. The van der Waals surface area contributed by atoms with Crippen LogP contribution in [0.4, 0.5) is 0 Å². The lowest BCUT2D eigenvalue weighted by Crippen LogP contribution is -2.31. The zero-order valence-electron chi connectivity index (χ0n) is 9.99. The Hall–Kier alpha value is -0.860. The van der Waals surface area contributed by atoms with Crippen LogP contribution in [0.1, 0.15) is 30.4 Å². The first-order chi connectivity index (χ1) is 7.90. The molecule has 0 atom stereocenters. The number of benzene rings is 1. The molecule has 0 saturated carbocycles. The van der Waals surface area contributed by atoms with E-state index in [0.29, 0.717) is 0 Å². The second-order valence-corrected chi connectivity index (χ2v) is 4.64. The summed E-state index contributed by atoms with van der Waals surface area (Å²) in [4.78, 5) is 2.57. The van der Waals surface area contributed by atoms with E-state index >= 15 is 0 Å². The number of hydrogen-bond donors (Lipinski definition) is 1. The Bertz CT molecular complexity index is 322. The van der Waals surface area contributed by atoms with Crippen molar-refractivity contribution in [3.63, 3.8) is 0 Å². The van der Waals surface area contributed by atoms with E-state index in [4.69, 9.17) is 5.73 Å². The van der Waals surface area contributed by atoms with Gasteiger partial charge >= 0.3 is 0 Å². The van der Waals surface area contributed by atoms with Crippen molar-refractivity contribution in [3.8, 4) is 0 Å². The van der Waals surface area contributed by atoms with Gasteiger partial charge in [0, 0.05) is 13.1 Å². The summed E-state index contributed by atoms with van der Waals surface area (Å²) in [6.45, 7) is 4.43. The lowest BCUT2D eigenvalue weighted by Gasteiger charge is -2.28. The molecule has 0 unspecified atom stereocenters. The maximum atomic E-state index is 5.50. The van der Waals surface area contributed by atoms with Crippen molar-refractivity contribution < 1.29 is 0 Å². The van der Waals surface area contributed by atoms with Crippen molar-refractivity contribution >= 4 is 0 Å². The summed E-state index contributed by atoms with van der Waals surface area (Å²) in [5.41, 5.74) is 8.56. The number of fused-ring (bicyclic) bond motifs is 1. The molecule has 1 aromatic rings. The van der Waals surface area contributed by atoms with Crippen LogP contribution in [0.15, 0.2) is 24.3 Å². The number of rotatable bonds is 5. The molecule has 2 nitrogen and oxygen atoms in total. The molecule has 0 aromatic heterocycles. The number of hydrogen-bond acceptors (Lipinski definition) is 2. The van der Waals surface area contributed by atoms with Crippen molar-refractivity contribution in [2.75, 3.05) is 19.6 Å². The van der Waals surface area contributed by atoms with E-state index in [1.165, 1.54) is 44.3 Å². The van der Waals surface area contributed by atoms with Crippen LogP contribution in [-0.2, 0) is 13.0 Å². The zero-order valence-corrected chi connectivity index (χ0v) is 9.99. The van der Waals surface area contributed by atoms with Crippen molar-refractivity contribution in [1.29, 1.82) is 0 Å². The van der Waals surface area contributed by atoms with Crippen LogP contribution in [-0.4, -0.2) is 24.5 Å². The Kier molecular flexibility index (Phi) is 4.37. The van der Waals surface area contributed by atoms with Gasteiger partial charge in [0.15, 0.2) is 0 Å². The monoisotopic (exact) mass is 218 g/mol. The van der Waals surface area contributed by atoms with E-state index in [1.807, 2.05) is 0 Å². The molecular weight excluding hydrogens is 196 g/mol. The topological polar surface area (TPSA) is 29.3 Å². The van der Waals surface area contributed by atoms with E-state index in [0.717, 1.165) is 13.1 Å². The van der Waals surface area contributed by atoms with Crippen molar-refractivity contribution in [3.05, 3.63) is 35.4 Å². The smallest absolute Gasteiger partial charge is 0.0236 e. The highest BCUT2D eigenvalue weighted by molar-refractivity contribution is 5.28. The number of nitrogens with zero attached hydrogens (tertiary/aromatic N) is 1. The summed E-state index contributed by atoms with van der Waals surface area (Å²) in [7, 11) is 0. The van der Waals surface area contributed by atoms with Gasteiger partial charge in [-0.15, -0.1) is 0 Å². The van der Waals surface area contributed by atoms with Crippen molar-refractivity contribution in [1.82, 2.24) is 4.90 Å². The molecule has 88 valence electrons. The van der Waals surface area contributed by atoms with E-state index in [9.17, 15) is 0 Å². The maximum Gasteiger partial charge on any atom is 0.0236 e. The van der Waals surface area contributed by atoms with Gasteiger partial charge in [0.25, 0.3) is 0 Å². The van der Waals surface area contributed by atoms with Crippen molar-refractivity contribution in [2.24, 2.45) is 5.73 Å². The molecule has 2 heteroatoms. The molecule has 0 saturated heterocycles. The summed E-state index contributed by atoms with van der Waals surface area (Å²) in [5.74, 6) is 0. The molecule has 0 bridgehead atoms. The van der Waals surface area contributed by atoms with Gasteiger partial charge < -0.3 is 5.73 Å². The third kappa shape index (κ3) is 3.06. The maximum absolute atomic E-state index is 5.50. The quantitative estimate of drug-likeness (QED) is 0.768. The van der Waals surface area contributed by atoms with Crippen LogP contribution in [0.5, 0.6) is 0 Å². The molecule has 1 aliphatic rings. The minimum absolute atomic E-state index is 0.836. The Balaban J connectivity index is 1.79. The predicted molar refractivity (Wildman–Crippen MR) is 68.3 cm³/mol. The fourth-order valence-electron chi connectivity index (χ4n) is 2.40. The molecule has 0 fully saturated rings. The van der Waals surface area contributed by atoms with Gasteiger partial charge in [0.1, 0.15) is 0 Å². The normalized spacial score (nSPS) is 16.1. The molecule has 16 heavy (non-hydrogen) atoms. The van der Waals surface area contributed by atoms with Gasteiger partial charge in [0.2, 0.25) is 0 Å². The second kappa shape index (κ2) is 6.02. The number of nitrogens with two attached hydrogens (primary N) is 1. The standard InChI is InChI=1S/C14H22N2/c15-9-4-1-5-10-16-11-8-13-6-2-3-7-14(13)12-16/h2-3,6-7H,1,4-5,8-12,15H2. The third-order valence-electron chi connectivity index (χ3n) is 3.39. The average molecular weight is 218 g/mol. The zero-order chi connectivity index (χ0) is 11.2. The first-order valence-corrected chi connectivity index (χ1v) is 6.39. The minimum atomic E-state index is 0.836. The predicted octanol–water partition coefficient (Wildman–Crippen LogP) is 2.17. The second-order valence-electron chi connectivity index (χ2n) is 4.64. The third-order valence-corrected chi connectivity index (χ3v) is 3.39. The molecule has 1 aliphatic heterocycles. The van der Waals surface area contributed by atoms with Crippen LogP contribution in [0.25, 0.3) is 0 Å². The fraction of sp³-hybridized carbons (Fsp3) is 0.571. The molecule has 1 heterocycles. The first-order valence-electron chi connectivity index (χ1n) is 6.39. The molecule has 0 aliphatic carbocycles. The molecular formula is C14H22N2. The summed E-state index contributed by atoms with van der Waals surface area (Å²) in [6.07, 6.45) is 4.95. The highest BCUT2D eigenvalue weighted by Gasteiger charge is 2.14. The van der Waals surface area contributed by atoms with Gasteiger partial charge in [0.05, 0.1) is 0 Å². The first kappa shape index (κ1) is 11.6. The van der Waals surface area contributed by atoms with Crippen LogP contribution in [0.2, 0.25) is 0 Å². The highest BCUT2D eigenvalue weighted by atomic mass is 15.1. The molecule has 0 amide bonds. The fourth-order valence-corrected chi connectivity index (χ4v) is 2.40.